The van der Waals surface area contributed by atoms with Gasteiger partial charge in [0.25, 0.3) is 6.43 Å². The minimum atomic E-state index is -2.42. The van der Waals surface area contributed by atoms with Crippen LogP contribution in [0.15, 0.2) is 17.5 Å². The van der Waals surface area contributed by atoms with Crippen molar-refractivity contribution in [1.82, 2.24) is 0 Å². The van der Waals surface area contributed by atoms with Crippen LogP contribution in [0.25, 0.3) is 10.1 Å². The third-order valence-corrected chi connectivity index (χ3v) is 4.20. The molecule has 2 rings (SSSR count). The zero-order valence-corrected chi connectivity index (χ0v) is 10.5. The SMILES string of the molecule is FC(F)c1cc2scc(Cl)c2cc1I. The van der Waals surface area contributed by atoms with Gasteiger partial charge < -0.3 is 0 Å². The molecule has 0 atom stereocenters. The van der Waals surface area contributed by atoms with Crippen molar-refractivity contribution in [2.24, 2.45) is 0 Å². The van der Waals surface area contributed by atoms with E-state index in [0.29, 0.717) is 8.59 Å². The average molecular weight is 345 g/mol. The quantitative estimate of drug-likeness (QED) is 0.632. The Kier molecular flexibility index (Phi) is 2.95. The van der Waals surface area contributed by atoms with Crippen LogP contribution in [0.3, 0.4) is 0 Å². The highest BCUT2D eigenvalue weighted by Crippen LogP contribution is 2.35. The van der Waals surface area contributed by atoms with E-state index in [-0.39, 0.29) is 5.56 Å². The molecule has 74 valence electrons. The van der Waals surface area contributed by atoms with Gasteiger partial charge in [-0.2, -0.15) is 0 Å². The third-order valence-electron chi connectivity index (χ3n) is 1.88. The Labute approximate surface area is 102 Å². The Morgan fingerprint density at radius 3 is 2.71 bits per heavy atom. The van der Waals surface area contributed by atoms with Crippen molar-refractivity contribution in [3.8, 4) is 0 Å². The lowest BCUT2D eigenvalue weighted by atomic mass is 10.2. The number of hydrogen-bond acceptors (Lipinski definition) is 1. The molecule has 0 amide bonds. The summed E-state index contributed by atoms with van der Waals surface area (Å²) >= 11 is 9.19. The third kappa shape index (κ3) is 1.75. The van der Waals surface area contributed by atoms with E-state index in [2.05, 4.69) is 0 Å². The number of halogens is 4. The molecule has 0 aliphatic rings. The molecule has 0 radical (unpaired) electrons. The number of alkyl halides is 2. The van der Waals surface area contributed by atoms with Crippen molar-refractivity contribution in [1.29, 1.82) is 0 Å². The molecule has 0 saturated carbocycles. The summed E-state index contributed by atoms with van der Waals surface area (Å²) in [5.74, 6) is 0. The summed E-state index contributed by atoms with van der Waals surface area (Å²) in [6.07, 6.45) is -2.42. The summed E-state index contributed by atoms with van der Waals surface area (Å²) in [6, 6.07) is 3.22. The molecule has 0 N–H and O–H groups in total. The normalized spacial score (nSPS) is 11.5. The van der Waals surface area contributed by atoms with E-state index in [1.807, 2.05) is 22.6 Å². The van der Waals surface area contributed by atoms with Crippen LogP contribution in [0.5, 0.6) is 0 Å². The van der Waals surface area contributed by atoms with Gasteiger partial charge in [0.1, 0.15) is 0 Å². The second-order valence-electron chi connectivity index (χ2n) is 2.75. The summed E-state index contributed by atoms with van der Waals surface area (Å²) in [7, 11) is 0. The molecule has 1 heterocycles. The van der Waals surface area contributed by atoms with E-state index in [1.54, 1.807) is 11.4 Å². The minimum Gasteiger partial charge on any atom is -0.205 e. The van der Waals surface area contributed by atoms with Crippen molar-refractivity contribution < 1.29 is 8.78 Å². The Balaban J connectivity index is 2.72. The molecule has 1 aromatic heterocycles. The lowest BCUT2D eigenvalue weighted by Crippen LogP contribution is -1.88. The van der Waals surface area contributed by atoms with E-state index in [0.717, 1.165) is 10.1 Å². The molecule has 0 bridgehead atoms. The molecule has 0 unspecified atom stereocenters. The number of hydrogen-bond donors (Lipinski definition) is 0. The lowest BCUT2D eigenvalue weighted by molar-refractivity contribution is 0.150. The van der Waals surface area contributed by atoms with Crippen LogP contribution < -0.4 is 0 Å². The van der Waals surface area contributed by atoms with Crippen molar-refractivity contribution in [2.75, 3.05) is 0 Å². The first-order valence-corrected chi connectivity index (χ1v) is 6.07. The second kappa shape index (κ2) is 3.90. The highest BCUT2D eigenvalue weighted by atomic mass is 127. The smallest absolute Gasteiger partial charge is 0.205 e. The van der Waals surface area contributed by atoms with Crippen molar-refractivity contribution >= 4 is 55.6 Å². The molecule has 14 heavy (non-hydrogen) atoms. The van der Waals surface area contributed by atoms with E-state index in [9.17, 15) is 8.78 Å². The van der Waals surface area contributed by atoms with Crippen LogP contribution in [-0.4, -0.2) is 0 Å². The summed E-state index contributed by atoms with van der Waals surface area (Å²) in [5.41, 5.74) is 0.0802. The van der Waals surface area contributed by atoms with Crippen LogP contribution in [0, 0.1) is 3.57 Å². The van der Waals surface area contributed by atoms with E-state index >= 15 is 0 Å². The minimum absolute atomic E-state index is 0.0802. The lowest BCUT2D eigenvalue weighted by Gasteiger charge is -2.03. The fourth-order valence-electron chi connectivity index (χ4n) is 1.20. The Hall–Kier alpha value is 0.0600. The molecule has 0 saturated heterocycles. The van der Waals surface area contributed by atoms with Gasteiger partial charge in [-0.15, -0.1) is 11.3 Å². The summed E-state index contributed by atoms with van der Waals surface area (Å²) in [4.78, 5) is 0. The highest BCUT2D eigenvalue weighted by molar-refractivity contribution is 14.1. The summed E-state index contributed by atoms with van der Waals surface area (Å²) in [6.45, 7) is 0. The maximum atomic E-state index is 12.5. The fraction of sp³-hybridized carbons (Fsp3) is 0.111. The molecular formula is C9H4ClF2IS. The van der Waals surface area contributed by atoms with Gasteiger partial charge in [-0.25, -0.2) is 8.78 Å². The number of thiophene rings is 1. The molecule has 0 fully saturated rings. The van der Waals surface area contributed by atoms with Gasteiger partial charge in [-0.05, 0) is 34.7 Å². The van der Waals surface area contributed by atoms with Gasteiger partial charge in [0.15, 0.2) is 0 Å². The molecule has 0 aliphatic carbocycles. The van der Waals surface area contributed by atoms with Crippen LogP contribution in [0.2, 0.25) is 5.02 Å². The Bertz CT molecular complexity index is 481. The molecule has 0 spiro atoms. The highest BCUT2D eigenvalue weighted by Gasteiger charge is 2.14. The predicted octanol–water partition coefficient (Wildman–Crippen LogP) is 5.10. The maximum absolute atomic E-state index is 12.5. The standard InChI is InChI=1S/C9H4ClF2IS/c10-6-3-14-8-2-5(9(11)12)7(13)1-4(6)8/h1-3,9H. The van der Waals surface area contributed by atoms with Gasteiger partial charge in [-0.3, -0.25) is 0 Å². The monoisotopic (exact) mass is 344 g/mol. The zero-order valence-electron chi connectivity index (χ0n) is 6.73. The first-order chi connectivity index (χ1) is 6.59. The van der Waals surface area contributed by atoms with Gasteiger partial charge in [0.2, 0.25) is 0 Å². The van der Waals surface area contributed by atoms with Gasteiger partial charge in [-0.1, -0.05) is 11.6 Å². The van der Waals surface area contributed by atoms with Gasteiger partial charge in [0, 0.05) is 24.6 Å². The predicted molar refractivity (Wildman–Crippen MR) is 64.5 cm³/mol. The average Bonchev–Trinajstić information content (AvgIpc) is 2.46. The van der Waals surface area contributed by atoms with Crippen LogP contribution in [0.1, 0.15) is 12.0 Å². The topological polar surface area (TPSA) is 0 Å². The largest absolute Gasteiger partial charge is 0.264 e. The summed E-state index contributed by atoms with van der Waals surface area (Å²) < 4.78 is 26.4. The number of benzene rings is 1. The first-order valence-electron chi connectivity index (χ1n) is 3.74. The van der Waals surface area contributed by atoms with Gasteiger partial charge >= 0.3 is 0 Å². The van der Waals surface area contributed by atoms with E-state index < -0.39 is 6.43 Å². The number of fused-ring (bicyclic) bond motifs is 1. The molecule has 2 aromatic rings. The maximum Gasteiger partial charge on any atom is 0.264 e. The van der Waals surface area contributed by atoms with Crippen LogP contribution in [0.4, 0.5) is 8.78 Å². The van der Waals surface area contributed by atoms with E-state index in [4.69, 9.17) is 11.6 Å². The Morgan fingerprint density at radius 1 is 1.36 bits per heavy atom. The van der Waals surface area contributed by atoms with Crippen molar-refractivity contribution in [3.05, 3.63) is 31.7 Å². The van der Waals surface area contributed by atoms with Crippen molar-refractivity contribution in [3.63, 3.8) is 0 Å². The van der Waals surface area contributed by atoms with Crippen LogP contribution >= 0.6 is 45.5 Å². The van der Waals surface area contributed by atoms with Gasteiger partial charge in [0.05, 0.1) is 5.02 Å². The first kappa shape index (κ1) is 10.6. The fourth-order valence-corrected chi connectivity index (χ4v) is 3.10. The molecule has 0 nitrogen and oxygen atoms in total. The van der Waals surface area contributed by atoms with Crippen molar-refractivity contribution in [2.45, 2.75) is 6.43 Å². The number of rotatable bonds is 1. The zero-order chi connectivity index (χ0) is 10.3. The molecule has 0 aliphatic heterocycles. The molecular weight excluding hydrogens is 341 g/mol. The molecule has 1 aromatic carbocycles. The van der Waals surface area contributed by atoms with Crippen LogP contribution in [-0.2, 0) is 0 Å². The Morgan fingerprint density at radius 2 is 2.07 bits per heavy atom. The molecule has 5 heteroatoms. The second-order valence-corrected chi connectivity index (χ2v) is 5.23. The summed E-state index contributed by atoms with van der Waals surface area (Å²) in [5, 5.41) is 3.24. The van der Waals surface area contributed by atoms with E-state index in [1.165, 1.54) is 17.4 Å².